The molecule has 1 N–H and O–H groups in total. The van der Waals surface area contributed by atoms with Gasteiger partial charge < -0.3 is 5.11 Å². The maximum Gasteiger partial charge on any atom is 0.335 e. The maximum atomic E-state index is 10.7. The Hall–Kier alpha value is -1.35. The van der Waals surface area contributed by atoms with Crippen molar-refractivity contribution in [1.82, 2.24) is 0 Å². The van der Waals surface area contributed by atoms with Gasteiger partial charge in [0.25, 0.3) is 5.24 Å². The van der Waals surface area contributed by atoms with Gasteiger partial charge in [0.15, 0.2) is 0 Å². The van der Waals surface area contributed by atoms with E-state index in [2.05, 4.69) is 0 Å². The van der Waals surface area contributed by atoms with E-state index in [1.165, 1.54) is 12.1 Å². The zero-order valence-electron chi connectivity index (χ0n) is 6.87. The number of carbonyl (C=O) groups is 2. The van der Waals surface area contributed by atoms with Crippen molar-refractivity contribution < 1.29 is 14.7 Å². The first-order valence-corrected chi connectivity index (χ1v) is 3.93. The first-order valence-electron chi connectivity index (χ1n) is 3.55. The predicted octanol–water partition coefficient (Wildman–Crippen LogP) is 2.07. The predicted molar refractivity (Wildman–Crippen MR) is 48.3 cm³/mol. The summed E-state index contributed by atoms with van der Waals surface area (Å²) in [4.78, 5) is 21.3. The molecular formula is C9H7ClO3. The summed E-state index contributed by atoms with van der Waals surface area (Å²) in [5.74, 6) is -1.07. The molecule has 0 aliphatic carbocycles. The summed E-state index contributed by atoms with van der Waals surface area (Å²) in [6.45, 7) is 1.70. The third-order valence-corrected chi connectivity index (χ3v) is 1.77. The molecule has 0 aromatic heterocycles. The van der Waals surface area contributed by atoms with Crippen LogP contribution in [0.3, 0.4) is 0 Å². The van der Waals surface area contributed by atoms with Crippen LogP contribution in [0.25, 0.3) is 0 Å². The molecule has 0 saturated heterocycles. The average Bonchev–Trinajstić information content (AvgIpc) is 2.03. The van der Waals surface area contributed by atoms with Crippen molar-refractivity contribution in [3.8, 4) is 0 Å². The molecule has 0 radical (unpaired) electrons. The number of rotatable bonds is 2. The summed E-state index contributed by atoms with van der Waals surface area (Å²) in [5.41, 5.74) is 0.979. The number of benzene rings is 1. The third-order valence-electron chi connectivity index (χ3n) is 1.55. The lowest BCUT2D eigenvalue weighted by atomic mass is 10.1. The van der Waals surface area contributed by atoms with Crippen molar-refractivity contribution in [1.29, 1.82) is 0 Å². The number of halogens is 1. The number of hydrogen-bond donors (Lipinski definition) is 1. The van der Waals surface area contributed by atoms with Gasteiger partial charge in [-0.2, -0.15) is 0 Å². The summed E-state index contributed by atoms with van der Waals surface area (Å²) in [5, 5.41) is 8.01. The van der Waals surface area contributed by atoms with E-state index in [-0.39, 0.29) is 11.1 Å². The van der Waals surface area contributed by atoms with Gasteiger partial charge in [-0.25, -0.2) is 4.79 Å². The molecule has 1 aromatic rings. The van der Waals surface area contributed by atoms with Gasteiger partial charge in [-0.15, -0.1) is 0 Å². The second-order valence-corrected chi connectivity index (χ2v) is 3.01. The Kier molecular flexibility index (Phi) is 2.68. The van der Waals surface area contributed by atoms with Crippen LogP contribution in [0.2, 0.25) is 0 Å². The molecule has 1 rings (SSSR count). The first-order chi connectivity index (χ1) is 6.00. The molecule has 0 saturated carbocycles. The van der Waals surface area contributed by atoms with Crippen LogP contribution in [0, 0.1) is 6.92 Å². The lowest BCUT2D eigenvalue weighted by molar-refractivity contribution is 0.0697. The minimum atomic E-state index is -1.07. The number of aryl methyl sites for hydroxylation is 1. The lowest BCUT2D eigenvalue weighted by Gasteiger charge is -1.99. The summed E-state index contributed by atoms with van der Waals surface area (Å²) >= 11 is 5.22. The Bertz CT molecular complexity index is 339. The van der Waals surface area contributed by atoms with Crippen molar-refractivity contribution in [2.45, 2.75) is 6.92 Å². The number of carbonyl (C=O) groups excluding carboxylic acids is 1. The van der Waals surface area contributed by atoms with E-state index in [0.717, 1.165) is 0 Å². The number of aromatic carboxylic acids is 1. The molecule has 3 nitrogen and oxygen atoms in total. The fourth-order valence-corrected chi connectivity index (χ4v) is 1.13. The molecule has 0 aliphatic rings. The molecular weight excluding hydrogens is 192 g/mol. The zero-order valence-corrected chi connectivity index (χ0v) is 7.63. The maximum absolute atomic E-state index is 10.7. The molecule has 0 heterocycles. The van der Waals surface area contributed by atoms with Crippen LogP contribution >= 0.6 is 11.6 Å². The quantitative estimate of drug-likeness (QED) is 0.741. The fraction of sp³-hybridized carbons (Fsp3) is 0.111. The second kappa shape index (κ2) is 3.58. The van der Waals surface area contributed by atoms with Gasteiger partial charge in [-0.05, 0) is 42.3 Å². The zero-order chi connectivity index (χ0) is 10.0. The lowest BCUT2D eigenvalue weighted by Crippen LogP contribution is -2.00. The van der Waals surface area contributed by atoms with Crippen LogP contribution < -0.4 is 0 Å². The minimum Gasteiger partial charge on any atom is -0.478 e. The Labute approximate surface area is 79.9 Å². The van der Waals surface area contributed by atoms with E-state index in [1.807, 2.05) is 0 Å². The van der Waals surface area contributed by atoms with Crippen LogP contribution in [0.15, 0.2) is 18.2 Å². The van der Waals surface area contributed by atoms with E-state index in [1.54, 1.807) is 13.0 Å². The topological polar surface area (TPSA) is 54.4 Å². The van der Waals surface area contributed by atoms with E-state index in [9.17, 15) is 9.59 Å². The second-order valence-electron chi connectivity index (χ2n) is 2.67. The highest BCUT2D eigenvalue weighted by molar-refractivity contribution is 6.67. The van der Waals surface area contributed by atoms with Gasteiger partial charge in [-0.3, -0.25) is 4.79 Å². The molecule has 0 unspecified atom stereocenters. The molecule has 68 valence electrons. The van der Waals surface area contributed by atoms with E-state index in [0.29, 0.717) is 5.56 Å². The highest BCUT2D eigenvalue weighted by Crippen LogP contribution is 2.11. The SMILES string of the molecule is Cc1cc(C(=O)O)cc(C(=O)Cl)c1. The Morgan fingerprint density at radius 3 is 2.23 bits per heavy atom. The van der Waals surface area contributed by atoms with Crippen molar-refractivity contribution in [2.24, 2.45) is 0 Å². The Morgan fingerprint density at radius 2 is 1.77 bits per heavy atom. The van der Waals surface area contributed by atoms with Crippen LogP contribution in [-0.2, 0) is 0 Å². The third kappa shape index (κ3) is 2.29. The average molecular weight is 199 g/mol. The van der Waals surface area contributed by atoms with Crippen LogP contribution in [0.1, 0.15) is 26.3 Å². The van der Waals surface area contributed by atoms with Crippen molar-refractivity contribution in [3.63, 3.8) is 0 Å². The van der Waals surface area contributed by atoms with Gasteiger partial charge in [0.2, 0.25) is 0 Å². The smallest absolute Gasteiger partial charge is 0.335 e. The van der Waals surface area contributed by atoms with Gasteiger partial charge in [0.05, 0.1) is 5.56 Å². The minimum absolute atomic E-state index is 0.0731. The molecule has 0 atom stereocenters. The van der Waals surface area contributed by atoms with Crippen molar-refractivity contribution >= 4 is 22.8 Å². The molecule has 4 heteroatoms. The largest absolute Gasteiger partial charge is 0.478 e. The molecule has 1 aromatic carbocycles. The summed E-state index contributed by atoms with van der Waals surface area (Å²) in [7, 11) is 0. The molecule has 0 fully saturated rings. The molecule has 0 amide bonds. The van der Waals surface area contributed by atoms with Gasteiger partial charge in [0, 0.05) is 5.56 Å². The summed E-state index contributed by atoms with van der Waals surface area (Å²) < 4.78 is 0. The van der Waals surface area contributed by atoms with Crippen molar-refractivity contribution in [3.05, 3.63) is 34.9 Å². The highest BCUT2D eigenvalue weighted by Gasteiger charge is 2.08. The highest BCUT2D eigenvalue weighted by atomic mass is 35.5. The van der Waals surface area contributed by atoms with Crippen LogP contribution in [-0.4, -0.2) is 16.3 Å². The van der Waals surface area contributed by atoms with Crippen LogP contribution in [0.4, 0.5) is 0 Å². The number of carboxylic acid groups (broad SMARTS) is 1. The summed E-state index contributed by atoms with van der Waals surface area (Å²) in [6, 6.07) is 4.28. The number of hydrogen-bond acceptors (Lipinski definition) is 2. The van der Waals surface area contributed by atoms with Crippen LogP contribution in [0.5, 0.6) is 0 Å². The summed E-state index contributed by atoms with van der Waals surface area (Å²) in [6.07, 6.45) is 0. The molecule has 13 heavy (non-hydrogen) atoms. The Balaban J connectivity index is 3.26. The van der Waals surface area contributed by atoms with Gasteiger partial charge >= 0.3 is 5.97 Å². The van der Waals surface area contributed by atoms with Crippen molar-refractivity contribution in [2.75, 3.05) is 0 Å². The normalized spacial score (nSPS) is 9.69. The monoisotopic (exact) mass is 198 g/mol. The van der Waals surface area contributed by atoms with E-state index in [4.69, 9.17) is 16.7 Å². The molecule has 0 aliphatic heterocycles. The fourth-order valence-electron chi connectivity index (χ4n) is 1.02. The van der Waals surface area contributed by atoms with E-state index >= 15 is 0 Å². The Morgan fingerprint density at radius 1 is 1.23 bits per heavy atom. The first kappa shape index (κ1) is 9.74. The van der Waals surface area contributed by atoms with E-state index < -0.39 is 11.2 Å². The van der Waals surface area contributed by atoms with Gasteiger partial charge in [0.1, 0.15) is 0 Å². The standard InChI is InChI=1S/C9H7ClO3/c1-5-2-6(8(10)11)4-7(3-5)9(12)13/h2-4H,1H3,(H,12,13). The molecule has 0 spiro atoms. The van der Waals surface area contributed by atoms with Gasteiger partial charge in [-0.1, -0.05) is 0 Å². The number of carboxylic acids is 1. The molecule has 0 bridgehead atoms.